The van der Waals surface area contributed by atoms with Crippen LogP contribution in [0.4, 0.5) is 4.79 Å². The number of ether oxygens (including phenoxy) is 1. The van der Waals surface area contributed by atoms with E-state index in [2.05, 4.69) is 5.32 Å². The number of urea groups is 1. The second kappa shape index (κ2) is 6.67. The maximum atomic E-state index is 12.4. The first kappa shape index (κ1) is 15.4. The minimum absolute atomic E-state index is 0.0141. The lowest BCUT2D eigenvalue weighted by Crippen LogP contribution is -2.58. The molecule has 0 aromatic carbocycles. The van der Waals surface area contributed by atoms with Gasteiger partial charge < -0.3 is 20.1 Å². The monoisotopic (exact) mass is 302 g/mol. The lowest BCUT2D eigenvalue weighted by molar-refractivity contribution is -0.138. The van der Waals surface area contributed by atoms with Gasteiger partial charge in [-0.2, -0.15) is 11.8 Å². The highest BCUT2D eigenvalue weighted by Gasteiger charge is 2.34. The molecule has 1 unspecified atom stereocenters. The van der Waals surface area contributed by atoms with Crippen LogP contribution >= 0.6 is 11.8 Å². The van der Waals surface area contributed by atoms with Gasteiger partial charge >= 0.3 is 12.0 Å². The van der Waals surface area contributed by atoms with E-state index in [0.29, 0.717) is 25.5 Å². The highest BCUT2D eigenvalue weighted by molar-refractivity contribution is 7.99. The zero-order valence-electron chi connectivity index (χ0n) is 11.8. The molecule has 7 heteroatoms. The lowest BCUT2D eigenvalue weighted by atomic mass is 9.93. The van der Waals surface area contributed by atoms with Crippen molar-refractivity contribution in [3.8, 4) is 0 Å². The highest BCUT2D eigenvalue weighted by Crippen LogP contribution is 2.23. The molecule has 2 fully saturated rings. The summed E-state index contributed by atoms with van der Waals surface area (Å²) in [4.78, 5) is 25.0. The molecule has 20 heavy (non-hydrogen) atoms. The van der Waals surface area contributed by atoms with E-state index in [1.54, 1.807) is 16.7 Å². The summed E-state index contributed by atoms with van der Waals surface area (Å²) < 4.78 is 5.32. The average Bonchev–Trinajstić information content (AvgIpc) is 2.38. The first-order valence-corrected chi connectivity index (χ1v) is 8.12. The van der Waals surface area contributed by atoms with Crippen LogP contribution in [0.2, 0.25) is 0 Å². The van der Waals surface area contributed by atoms with Crippen molar-refractivity contribution in [2.45, 2.75) is 37.8 Å². The molecule has 2 saturated heterocycles. The van der Waals surface area contributed by atoms with E-state index < -0.39 is 5.97 Å². The van der Waals surface area contributed by atoms with E-state index in [9.17, 15) is 9.59 Å². The van der Waals surface area contributed by atoms with Crippen molar-refractivity contribution < 1.29 is 19.4 Å². The summed E-state index contributed by atoms with van der Waals surface area (Å²) in [6.45, 7) is 3.95. The zero-order chi connectivity index (χ0) is 14.6. The van der Waals surface area contributed by atoms with Gasteiger partial charge in [0.05, 0.1) is 12.5 Å². The molecule has 0 aromatic rings. The van der Waals surface area contributed by atoms with Crippen molar-refractivity contribution in [3.63, 3.8) is 0 Å². The van der Waals surface area contributed by atoms with Crippen molar-refractivity contribution in [2.75, 3.05) is 31.3 Å². The van der Waals surface area contributed by atoms with Crippen LogP contribution in [-0.2, 0) is 9.53 Å². The van der Waals surface area contributed by atoms with Crippen molar-refractivity contribution in [2.24, 2.45) is 0 Å². The van der Waals surface area contributed by atoms with E-state index in [-0.39, 0.29) is 24.0 Å². The quantitative estimate of drug-likeness (QED) is 0.818. The molecule has 0 bridgehead atoms. The largest absolute Gasteiger partial charge is 0.481 e. The van der Waals surface area contributed by atoms with Crippen molar-refractivity contribution in [1.29, 1.82) is 0 Å². The maximum Gasteiger partial charge on any atom is 0.318 e. The molecular weight excluding hydrogens is 280 g/mol. The predicted molar refractivity (Wildman–Crippen MR) is 77.1 cm³/mol. The van der Waals surface area contributed by atoms with Crippen LogP contribution in [-0.4, -0.2) is 64.9 Å². The van der Waals surface area contributed by atoms with Crippen LogP contribution in [0.3, 0.4) is 0 Å². The van der Waals surface area contributed by atoms with Crippen LogP contribution in [0, 0.1) is 0 Å². The first-order chi connectivity index (χ1) is 9.50. The normalized spacial score (nSPS) is 26.1. The maximum absolute atomic E-state index is 12.4. The van der Waals surface area contributed by atoms with E-state index in [0.717, 1.165) is 18.6 Å². The first-order valence-electron chi connectivity index (χ1n) is 6.96. The number of amides is 2. The Hall–Kier alpha value is -0.950. The molecule has 2 aliphatic rings. The topological polar surface area (TPSA) is 78.9 Å². The molecule has 0 aromatic heterocycles. The van der Waals surface area contributed by atoms with Gasteiger partial charge in [0, 0.05) is 36.8 Å². The van der Waals surface area contributed by atoms with E-state index in [1.165, 1.54) is 0 Å². The molecular formula is C13H22N2O4S. The number of carbonyl (C=O) groups excluding carboxylic acids is 1. The van der Waals surface area contributed by atoms with Gasteiger partial charge in [-0.3, -0.25) is 4.79 Å². The smallest absolute Gasteiger partial charge is 0.318 e. The number of carboxylic acid groups (broad SMARTS) is 1. The molecule has 6 nitrogen and oxygen atoms in total. The summed E-state index contributed by atoms with van der Waals surface area (Å²) in [5.41, 5.74) is -0.242. The standard InChI is InChI=1S/C13H22N2O4S/c1-13(2-5-19-6-3-13)14-12(18)15-4-7-20-9-10(15)8-11(16)17/h10H,2-9H2,1H3,(H,14,18)(H,16,17). The van der Waals surface area contributed by atoms with Gasteiger partial charge in [-0.05, 0) is 19.8 Å². The molecule has 0 spiro atoms. The van der Waals surface area contributed by atoms with Crippen LogP contribution < -0.4 is 5.32 Å². The number of aliphatic carboxylic acids is 1. The molecule has 0 saturated carbocycles. The SMILES string of the molecule is CC1(NC(=O)N2CCSCC2CC(=O)O)CCOCC1. The second-order valence-electron chi connectivity index (χ2n) is 5.62. The number of thioether (sulfide) groups is 1. The van der Waals surface area contributed by atoms with E-state index in [1.807, 2.05) is 6.92 Å². The average molecular weight is 302 g/mol. The van der Waals surface area contributed by atoms with Crippen LogP contribution in [0.25, 0.3) is 0 Å². The molecule has 2 rings (SSSR count). The second-order valence-corrected chi connectivity index (χ2v) is 6.77. The summed E-state index contributed by atoms with van der Waals surface area (Å²) in [7, 11) is 0. The Kier molecular flexibility index (Phi) is 5.15. The number of nitrogens with zero attached hydrogens (tertiary/aromatic N) is 1. The van der Waals surface area contributed by atoms with Gasteiger partial charge in [-0.15, -0.1) is 0 Å². The number of rotatable bonds is 3. The molecule has 114 valence electrons. The third-order valence-corrected chi connectivity index (χ3v) is 5.00. The Morgan fingerprint density at radius 2 is 2.15 bits per heavy atom. The van der Waals surface area contributed by atoms with Crippen LogP contribution in [0.15, 0.2) is 0 Å². The lowest BCUT2D eigenvalue weighted by Gasteiger charge is -2.40. The van der Waals surface area contributed by atoms with E-state index >= 15 is 0 Å². The number of carboxylic acids is 1. The number of hydrogen-bond donors (Lipinski definition) is 2. The van der Waals surface area contributed by atoms with Crippen molar-refractivity contribution in [1.82, 2.24) is 10.2 Å². The minimum atomic E-state index is -0.854. The Balaban J connectivity index is 1.96. The predicted octanol–water partition coefficient (Wildman–Crippen LogP) is 1.16. The van der Waals surface area contributed by atoms with Gasteiger partial charge in [0.15, 0.2) is 0 Å². The fourth-order valence-electron chi connectivity index (χ4n) is 2.57. The number of nitrogens with one attached hydrogen (secondary N) is 1. The Labute approximate surface area is 123 Å². The molecule has 1 atom stereocenters. The van der Waals surface area contributed by atoms with Crippen molar-refractivity contribution >= 4 is 23.8 Å². The zero-order valence-corrected chi connectivity index (χ0v) is 12.6. The van der Waals surface area contributed by atoms with Gasteiger partial charge in [0.1, 0.15) is 0 Å². The van der Waals surface area contributed by atoms with Crippen LogP contribution in [0.5, 0.6) is 0 Å². The van der Waals surface area contributed by atoms with Crippen molar-refractivity contribution in [3.05, 3.63) is 0 Å². The number of hydrogen-bond acceptors (Lipinski definition) is 4. The molecule has 2 heterocycles. The van der Waals surface area contributed by atoms with E-state index in [4.69, 9.17) is 9.84 Å². The fraction of sp³-hybridized carbons (Fsp3) is 0.846. The van der Waals surface area contributed by atoms with Crippen LogP contribution in [0.1, 0.15) is 26.2 Å². The highest BCUT2D eigenvalue weighted by atomic mass is 32.2. The Morgan fingerprint density at radius 3 is 2.80 bits per heavy atom. The van der Waals surface area contributed by atoms with Gasteiger partial charge in [0.25, 0.3) is 0 Å². The van der Waals surface area contributed by atoms with Gasteiger partial charge in [0.2, 0.25) is 0 Å². The fourth-order valence-corrected chi connectivity index (χ4v) is 3.63. The Morgan fingerprint density at radius 1 is 1.45 bits per heavy atom. The third kappa shape index (κ3) is 4.02. The van der Waals surface area contributed by atoms with Gasteiger partial charge in [-0.25, -0.2) is 4.79 Å². The summed E-state index contributed by atoms with van der Waals surface area (Å²) in [5.74, 6) is 0.704. The van der Waals surface area contributed by atoms with Gasteiger partial charge in [-0.1, -0.05) is 0 Å². The summed E-state index contributed by atoms with van der Waals surface area (Å²) >= 11 is 1.71. The summed E-state index contributed by atoms with van der Waals surface area (Å²) in [6.07, 6.45) is 1.61. The third-order valence-electron chi connectivity index (χ3n) is 3.90. The Bertz CT molecular complexity index is 371. The summed E-state index contributed by atoms with van der Waals surface area (Å²) in [6, 6.07) is -0.351. The molecule has 0 aliphatic carbocycles. The molecule has 2 aliphatic heterocycles. The molecule has 0 radical (unpaired) electrons. The number of carbonyl (C=O) groups is 2. The molecule has 2 amide bonds. The molecule has 2 N–H and O–H groups in total. The minimum Gasteiger partial charge on any atom is -0.481 e. The summed E-state index contributed by atoms with van der Waals surface area (Å²) in [5, 5.41) is 12.0.